The van der Waals surface area contributed by atoms with Crippen LogP contribution in [-0.4, -0.2) is 45.3 Å². The minimum absolute atomic E-state index is 0.337. The van der Waals surface area contributed by atoms with Gasteiger partial charge in [-0.3, -0.25) is 4.79 Å². The normalized spacial score (nSPS) is 14.0. The number of anilines is 2. The fourth-order valence-electron chi connectivity index (χ4n) is 2.95. The molecule has 0 aliphatic carbocycles. The largest absolute Gasteiger partial charge is 0.465 e. The molecule has 1 saturated heterocycles. The molecule has 1 fully saturated rings. The van der Waals surface area contributed by atoms with Crippen molar-refractivity contribution in [3.63, 3.8) is 0 Å². The Morgan fingerprint density at radius 3 is 2.56 bits per heavy atom. The fourth-order valence-corrected chi connectivity index (χ4v) is 3.28. The monoisotopic (exact) mass is 388 g/mol. The number of halogens is 1. The highest BCUT2D eigenvalue weighted by Crippen LogP contribution is 2.29. The van der Waals surface area contributed by atoms with Crippen LogP contribution < -0.4 is 10.2 Å². The second-order valence-corrected chi connectivity index (χ2v) is 6.67. The summed E-state index contributed by atoms with van der Waals surface area (Å²) in [5.41, 5.74) is 3.06. The Labute approximate surface area is 163 Å². The van der Waals surface area contributed by atoms with Crippen LogP contribution in [0.4, 0.5) is 11.4 Å². The lowest BCUT2D eigenvalue weighted by molar-refractivity contribution is 0.0600. The van der Waals surface area contributed by atoms with Crippen molar-refractivity contribution in [2.45, 2.75) is 6.92 Å². The molecule has 1 N–H and O–H groups in total. The summed E-state index contributed by atoms with van der Waals surface area (Å²) in [5.74, 6) is -0.802. The van der Waals surface area contributed by atoms with Crippen LogP contribution in [0, 0.1) is 6.92 Å². The Kier molecular flexibility index (Phi) is 5.98. The predicted molar refractivity (Wildman–Crippen MR) is 105 cm³/mol. The van der Waals surface area contributed by atoms with Crippen molar-refractivity contribution in [1.82, 2.24) is 0 Å². The summed E-state index contributed by atoms with van der Waals surface area (Å²) in [6.07, 6.45) is 0. The molecule has 1 heterocycles. The molecule has 7 heteroatoms. The number of carbonyl (C=O) groups is 2. The second-order valence-electron chi connectivity index (χ2n) is 6.26. The van der Waals surface area contributed by atoms with Gasteiger partial charge in [-0.1, -0.05) is 17.7 Å². The minimum atomic E-state index is -0.465. The molecule has 0 aromatic heterocycles. The maximum absolute atomic E-state index is 12.8. The molecule has 0 unspecified atom stereocenters. The average Bonchev–Trinajstić information content (AvgIpc) is 2.67. The van der Waals surface area contributed by atoms with Crippen LogP contribution in [0.1, 0.15) is 26.3 Å². The third-order valence-electron chi connectivity index (χ3n) is 4.39. The summed E-state index contributed by atoms with van der Waals surface area (Å²) in [6, 6.07) is 10.4. The van der Waals surface area contributed by atoms with Gasteiger partial charge in [-0.25, -0.2) is 4.79 Å². The number of hydrogen-bond donors (Lipinski definition) is 1. The quantitative estimate of drug-likeness (QED) is 0.811. The molecule has 1 amide bonds. The maximum Gasteiger partial charge on any atom is 0.337 e. The van der Waals surface area contributed by atoms with Gasteiger partial charge in [0.25, 0.3) is 5.91 Å². The van der Waals surface area contributed by atoms with Gasteiger partial charge in [0.15, 0.2) is 0 Å². The molecule has 2 aromatic carbocycles. The molecular formula is C20H21ClN2O4. The second kappa shape index (κ2) is 8.41. The molecule has 1 aliphatic heterocycles. The summed E-state index contributed by atoms with van der Waals surface area (Å²) >= 11 is 6.22. The first-order chi connectivity index (χ1) is 13.0. The molecule has 2 aromatic rings. The number of aryl methyl sites for hydroxylation is 1. The summed E-state index contributed by atoms with van der Waals surface area (Å²) in [6.45, 7) is 4.52. The number of nitrogens with zero attached hydrogens (tertiary/aromatic N) is 1. The molecule has 0 bridgehead atoms. The number of nitrogens with one attached hydrogen (secondary N) is 1. The molecular weight excluding hydrogens is 368 g/mol. The van der Waals surface area contributed by atoms with Gasteiger partial charge in [-0.15, -0.1) is 0 Å². The van der Waals surface area contributed by atoms with E-state index in [9.17, 15) is 9.59 Å². The minimum Gasteiger partial charge on any atom is -0.465 e. The number of amides is 1. The van der Waals surface area contributed by atoms with Crippen LogP contribution in [0.2, 0.25) is 5.02 Å². The molecule has 0 saturated carbocycles. The molecule has 6 nitrogen and oxygen atoms in total. The van der Waals surface area contributed by atoms with Crippen molar-refractivity contribution in [2.75, 3.05) is 43.6 Å². The molecule has 0 radical (unpaired) electrons. The van der Waals surface area contributed by atoms with E-state index in [1.54, 1.807) is 24.3 Å². The summed E-state index contributed by atoms with van der Waals surface area (Å²) < 4.78 is 10.2. The van der Waals surface area contributed by atoms with E-state index in [4.69, 9.17) is 21.1 Å². The highest BCUT2D eigenvalue weighted by Gasteiger charge is 2.20. The SMILES string of the molecule is COC(=O)c1ccc(N2CCOCC2)c(NC(=O)c2ccc(C)cc2Cl)c1. The van der Waals surface area contributed by atoms with Crippen molar-refractivity contribution in [1.29, 1.82) is 0 Å². The first-order valence-corrected chi connectivity index (χ1v) is 9.00. The first-order valence-electron chi connectivity index (χ1n) is 8.62. The molecule has 1 aliphatic rings. The van der Waals surface area contributed by atoms with E-state index in [-0.39, 0.29) is 5.91 Å². The van der Waals surface area contributed by atoms with Gasteiger partial charge in [0.1, 0.15) is 0 Å². The van der Waals surface area contributed by atoms with Crippen molar-refractivity contribution in [2.24, 2.45) is 0 Å². The van der Waals surface area contributed by atoms with E-state index >= 15 is 0 Å². The van der Waals surface area contributed by atoms with Gasteiger partial charge < -0.3 is 19.7 Å². The Balaban J connectivity index is 1.94. The van der Waals surface area contributed by atoms with Crippen molar-refractivity contribution in [3.05, 3.63) is 58.1 Å². The van der Waals surface area contributed by atoms with E-state index in [0.29, 0.717) is 48.1 Å². The summed E-state index contributed by atoms with van der Waals surface area (Å²) in [4.78, 5) is 26.8. The van der Waals surface area contributed by atoms with Crippen LogP contribution >= 0.6 is 11.6 Å². The Morgan fingerprint density at radius 1 is 1.15 bits per heavy atom. The lowest BCUT2D eigenvalue weighted by Crippen LogP contribution is -2.36. The van der Waals surface area contributed by atoms with Gasteiger partial charge in [0.05, 0.1) is 47.8 Å². The third kappa shape index (κ3) is 4.40. The zero-order chi connectivity index (χ0) is 19.4. The first kappa shape index (κ1) is 19.2. The van der Waals surface area contributed by atoms with Gasteiger partial charge in [-0.2, -0.15) is 0 Å². The third-order valence-corrected chi connectivity index (χ3v) is 4.70. The van der Waals surface area contributed by atoms with Crippen LogP contribution in [0.5, 0.6) is 0 Å². The lowest BCUT2D eigenvalue weighted by atomic mass is 10.1. The van der Waals surface area contributed by atoms with E-state index in [1.807, 2.05) is 19.1 Å². The molecule has 142 valence electrons. The Bertz CT molecular complexity index is 863. The van der Waals surface area contributed by atoms with E-state index in [2.05, 4.69) is 10.2 Å². The van der Waals surface area contributed by atoms with Crippen LogP contribution in [0.3, 0.4) is 0 Å². The zero-order valence-corrected chi connectivity index (χ0v) is 16.0. The number of hydrogen-bond acceptors (Lipinski definition) is 5. The number of ether oxygens (including phenoxy) is 2. The molecule has 0 spiro atoms. The van der Waals surface area contributed by atoms with Gasteiger partial charge in [-0.05, 0) is 42.8 Å². The van der Waals surface area contributed by atoms with Gasteiger partial charge in [0, 0.05) is 13.1 Å². The number of esters is 1. The highest BCUT2D eigenvalue weighted by atomic mass is 35.5. The average molecular weight is 389 g/mol. The standard InChI is InChI=1S/C20H21ClN2O4/c1-13-3-5-15(16(21)11-13)19(24)22-17-12-14(20(25)26-2)4-6-18(17)23-7-9-27-10-8-23/h3-6,11-12H,7-10H2,1-2H3,(H,22,24). The van der Waals surface area contributed by atoms with Crippen LogP contribution in [0.15, 0.2) is 36.4 Å². The van der Waals surface area contributed by atoms with E-state index < -0.39 is 5.97 Å². The van der Waals surface area contributed by atoms with Crippen molar-refractivity contribution in [3.8, 4) is 0 Å². The summed E-state index contributed by atoms with van der Waals surface area (Å²) in [5, 5.41) is 3.27. The zero-order valence-electron chi connectivity index (χ0n) is 15.3. The Morgan fingerprint density at radius 2 is 1.89 bits per heavy atom. The maximum atomic E-state index is 12.8. The number of morpholine rings is 1. The number of rotatable bonds is 4. The predicted octanol–water partition coefficient (Wildman–Crippen LogP) is 3.52. The fraction of sp³-hybridized carbons (Fsp3) is 0.300. The number of methoxy groups -OCH3 is 1. The molecule has 27 heavy (non-hydrogen) atoms. The lowest BCUT2D eigenvalue weighted by Gasteiger charge is -2.30. The van der Waals surface area contributed by atoms with E-state index in [1.165, 1.54) is 7.11 Å². The van der Waals surface area contributed by atoms with Crippen molar-refractivity contribution < 1.29 is 19.1 Å². The van der Waals surface area contributed by atoms with Crippen LogP contribution in [-0.2, 0) is 9.47 Å². The Hall–Kier alpha value is -2.57. The molecule has 3 rings (SSSR count). The topological polar surface area (TPSA) is 67.9 Å². The van der Waals surface area contributed by atoms with Gasteiger partial charge >= 0.3 is 5.97 Å². The van der Waals surface area contributed by atoms with Crippen LogP contribution in [0.25, 0.3) is 0 Å². The number of carbonyl (C=O) groups excluding carboxylic acids is 2. The number of benzene rings is 2. The highest BCUT2D eigenvalue weighted by molar-refractivity contribution is 6.34. The molecule has 0 atom stereocenters. The van der Waals surface area contributed by atoms with Gasteiger partial charge in [0.2, 0.25) is 0 Å². The smallest absolute Gasteiger partial charge is 0.337 e. The summed E-state index contributed by atoms with van der Waals surface area (Å²) in [7, 11) is 1.32. The van der Waals surface area contributed by atoms with E-state index in [0.717, 1.165) is 11.3 Å². The van der Waals surface area contributed by atoms with Crippen molar-refractivity contribution >= 4 is 34.9 Å².